The average Bonchev–Trinajstić information content (AvgIpc) is 3.00. The number of nitrogens with zero attached hydrogens (tertiary/aromatic N) is 3. The molecule has 1 amide bonds. The van der Waals surface area contributed by atoms with Gasteiger partial charge in [-0.25, -0.2) is 4.98 Å². The normalized spacial score (nSPS) is 11.2. The van der Waals surface area contributed by atoms with Gasteiger partial charge in [-0.3, -0.25) is 9.79 Å². The summed E-state index contributed by atoms with van der Waals surface area (Å²) in [4.78, 5) is 22.7. The molecule has 2 N–H and O–H groups in total. The van der Waals surface area contributed by atoms with Crippen molar-refractivity contribution in [3.8, 4) is 0 Å². The molecule has 1 heterocycles. The van der Waals surface area contributed by atoms with E-state index in [0.717, 1.165) is 16.7 Å². The first-order chi connectivity index (χ1) is 11.6. The van der Waals surface area contributed by atoms with Crippen molar-refractivity contribution >= 4 is 23.2 Å². The number of rotatable bonds is 6. The molecule has 1 aromatic carbocycles. The van der Waals surface area contributed by atoms with Gasteiger partial charge in [0.2, 0.25) is 0 Å². The van der Waals surface area contributed by atoms with Gasteiger partial charge < -0.3 is 15.5 Å². The fourth-order valence-corrected chi connectivity index (χ4v) is 2.83. The van der Waals surface area contributed by atoms with Gasteiger partial charge in [0.15, 0.2) is 5.96 Å². The molecule has 0 unspecified atom stereocenters. The number of thiazole rings is 1. The highest BCUT2D eigenvalue weighted by molar-refractivity contribution is 7.09. The molecule has 7 heteroatoms. The molecule has 2 rings (SSSR count). The zero-order valence-electron chi connectivity index (χ0n) is 14.2. The number of carbonyl (C=O) groups is 1. The van der Waals surface area contributed by atoms with Crippen LogP contribution >= 0.6 is 11.3 Å². The van der Waals surface area contributed by atoms with Crippen LogP contribution in [-0.2, 0) is 6.54 Å². The SMILES string of the molecule is CN=C(NCCNC(=O)c1ccccc1)N(C)Cc1csc(C)n1. The number of hydrogen-bond donors (Lipinski definition) is 2. The van der Waals surface area contributed by atoms with E-state index in [4.69, 9.17) is 0 Å². The first-order valence-corrected chi connectivity index (χ1v) is 8.64. The van der Waals surface area contributed by atoms with E-state index in [1.165, 1.54) is 0 Å². The van der Waals surface area contributed by atoms with Crippen molar-refractivity contribution in [1.29, 1.82) is 0 Å². The van der Waals surface area contributed by atoms with Crippen LogP contribution in [0.5, 0.6) is 0 Å². The van der Waals surface area contributed by atoms with Crippen LogP contribution in [-0.4, -0.2) is 48.9 Å². The molecule has 0 radical (unpaired) electrons. The minimum atomic E-state index is -0.0707. The Morgan fingerprint density at radius 2 is 1.96 bits per heavy atom. The predicted octanol–water partition coefficient (Wildman–Crippen LogP) is 1.89. The molecule has 0 fully saturated rings. The third kappa shape index (κ3) is 5.34. The van der Waals surface area contributed by atoms with E-state index in [9.17, 15) is 4.79 Å². The van der Waals surface area contributed by atoms with Gasteiger partial charge in [-0.05, 0) is 19.1 Å². The van der Waals surface area contributed by atoms with Gasteiger partial charge >= 0.3 is 0 Å². The molecule has 0 bridgehead atoms. The molecular weight excluding hydrogens is 322 g/mol. The molecule has 2 aromatic rings. The summed E-state index contributed by atoms with van der Waals surface area (Å²) in [6.45, 7) is 3.82. The minimum Gasteiger partial charge on any atom is -0.354 e. The van der Waals surface area contributed by atoms with Crippen LogP contribution in [0.15, 0.2) is 40.7 Å². The fraction of sp³-hybridized carbons (Fsp3) is 0.353. The second-order valence-corrected chi connectivity index (χ2v) is 6.37. The Morgan fingerprint density at radius 3 is 2.58 bits per heavy atom. The summed E-state index contributed by atoms with van der Waals surface area (Å²) in [5, 5.41) is 9.24. The Labute approximate surface area is 146 Å². The highest BCUT2D eigenvalue weighted by Gasteiger charge is 2.09. The van der Waals surface area contributed by atoms with Crippen molar-refractivity contribution < 1.29 is 4.79 Å². The van der Waals surface area contributed by atoms with E-state index in [0.29, 0.717) is 25.2 Å². The molecule has 0 saturated heterocycles. The van der Waals surface area contributed by atoms with Crippen molar-refractivity contribution in [3.05, 3.63) is 52.0 Å². The second-order valence-electron chi connectivity index (χ2n) is 5.31. The van der Waals surface area contributed by atoms with E-state index in [1.54, 1.807) is 30.5 Å². The first kappa shape index (κ1) is 17.9. The number of aromatic nitrogens is 1. The second kappa shape index (κ2) is 9.02. The van der Waals surface area contributed by atoms with Crippen LogP contribution in [0.25, 0.3) is 0 Å². The van der Waals surface area contributed by atoms with Crippen molar-refractivity contribution in [1.82, 2.24) is 20.5 Å². The van der Waals surface area contributed by atoms with Crippen LogP contribution in [0.1, 0.15) is 21.1 Å². The van der Waals surface area contributed by atoms with E-state index in [1.807, 2.05) is 37.1 Å². The lowest BCUT2D eigenvalue weighted by Gasteiger charge is -2.21. The number of aliphatic imine (C=N–C) groups is 1. The number of aryl methyl sites for hydroxylation is 1. The molecule has 0 aliphatic rings. The molecular formula is C17H23N5OS. The lowest BCUT2D eigenvalue weighted by molar-refractivity contribution is 0.0954. The summed E-state index contributed by atoms with van der Waals surface area (Å²) in [6, 6.07) is 9.19. The Morgan fingerprint density at radius 1 is 1.25 bits per heavy atom. The summed E-state index contributed by atoms with van der Waals surface area (Å²) in [6.07, 6.45) is 0. The summed E-state index contributed by atoms with van der Waals surface area (Å²) in [5.74, 6) is 0.702. The molecule has 0 spiro atoms. The van der Waals surface area contributed by atoms with Crippen LogP contribution in [0, 0.1) is 6.92 Å². The summed E-state index contributed by atoms with van der Waals surface area (Å²) >= 11 is 1.64. The zero-order valence-corrected chi connectivity index (χ0v) is 15.1. The average molecular weight is 345 g/mol. The van der Waals surface area contributed by atoms with Gasteiger partial charge in [-0.15, -0.1) is 11.3 Å². The van der Waals surface area contributed by atoms with Gasteiger partial charge in [-0.2, -0.15) is 0 Å². The maximum Gasteiger partial charge on any atom is 0.251 e. The Bertz CT molecular complexity index is 683. The van der Waals surface area contributed by atoms with Crippen molar-refractivity contribution in [2.45, 2.75) is 13.5 Å². The molecule has 0 aliphatic heterocycles. The Hall–Kier alpha value is -2.41. The monoisotopic (exact) mass is 345 g/mol. The van der Waals surface area contributed by atoms with Crippen molar-refractivity contribution in [2.24, 2.45) is 4.99 Å². The highest BCUT2D eigenvalue weighted by atomic mass is 32.1. The molecule has 6 nitrogen and oxygen atoms in total. The number of guanidine groups is 1. The Kier molecular flexibility index (Phi) is 6.74. The van der Waals surface area contributed by atoms with Crippen molar-refractivity contribution in [3.63, 3.8) is 0 Å². The first-order valence-electron chi connectivity index (χ1n) is 7.76. The van der Waals surface area contributed by atoms with E-state index >= 15 is 0 Å². The standard InChI is InChI=1S/C17H23N5OS/c1-13-21-15(12-24-13)11-22(3)17(18-2)20-10-9-19-16(23)14-7-5-4-6-8-14/h4-8,12H,9-11H2,1-3H3,(H,18,20)(H,19,23). The summed E-state index contributed by atoms with van der Waals surface area (Å²) in [7, 11) is 3.71. The minimum absolute atomic E-state index is 0.0707. The lowest BCUT2D eigenvalue weighted by atomic mass is 10.2. The van der Waals surface area contributed by atoms with Gasteiger partial charge in [0.25, 0.3) is 5.91 Å². The molecule has 1 aromatic heterocycles. The number of amides is 1. The smallest absolute Gasteiger partial charge is 0.251 e. The maximum absolute atomic E-state index is 11.9. The molecule has 0 aliphatic carbocycles. The van der Waals surface area contributed by atoms with Gasteiger partial charge in [0, 0.05) is 38.1 Å². The zero-order chi connectivity index (χ0) is 17.4. The molecule has 128 valence electrons. The van der Waals surface area contributed by atoms with Crippen LogP contribution in [0.4, 0.5) is 0 Å². The van der Waals surface area contributed by atoms with Crippen molar-refractivity contribution in [2.75, 3.05) is 27.2 Å². The lowest BCUT2D eigenvalue weighted by Crippen LogP contribution is -2.42. The van der Waals surface area contributed by atoms with Gasteiger partial charge in [0.05, 0.1) is 17.2 Å². The summed E-state index contributed by atoms with van der Waals surface area (Å²) < 4.78 is 0. The number of hydrogen-bond acceptors (Lipinski definition) is 4. The molecule has 0 atom stereocenters. The summed E-state index contributed by atoms with van der Waals surface area (Å²) in [5.41, 5.74) is 1.69. The fourth-order valence-electron chi connectivity index (χ4n) is 2.23. The van der Waals surface area contributed by atoms with Gasteiger partial charge in [0.1, 0.15) is 0 Å². The van der Waals surface area contributed by atoms with Crippen LogP contribution in [0.2, 0.25) is 0 Å². The van der Waals surface area contributed by atoms with E-state index < -0.39 is 0 Å². The van der Waals surface area contributed by atoms with E-state index in [-0.39, 0.29) is 5.91 Å². The number of benzene rings is 1. The third-order valence-electron chi connectivity index (χ3n) is 3.37. The maximum atomic E-state index is 11.9. The van der Waals surface area contributed by atoms with E-state index in [2.05, 4.69) is 26.0 Å². The number of nitrogens with one attached hydrogen (secondary N) is 2. The van der Waals surface area contributed by atoms with Crippen LogP contribution in [0.3, 0.4) is 0 Å². The quantitative estimate of drug-likeness (QED) is 0.476. The highest BCUT2D eigenvalue weighted by Crippen LogP contribution is 2.09. The third-order valence-corrected chi connectivity index (χ3v) is 4.19. The molecule has 0 saturated carbocycles. The molecule has 24 heavy (non-hydrogen) atoms. The predicted molar refractivity (Wildman–Crippen MR) is 98.5 cm³/mol. The largest absolute Gasteiger partial charge is 0.354 e. The van der Waals surface area contributed by atoms with Crippen LogP contribution < -0.4 is 10.6 Å². The number of carbonyl (C=O) groups excluding carboxylic acids is 1. The topological polar surface area (TPSA) is 69.6 Å². The van der Waals surface area contributed by atoms with Gasteiger partial charge in [-0.1, -0.05) is 18.2 Å². The Balaban J connectivity index is 1.74.